The number of rotatable bonds is 10. The van der Waals surface area contributed by atoms with Crippen LogP contribution < -0.4 is 5.32 Å². The standard InChI is InChI=1S/C34H33FN4O2S/c1-3-20-36-21-19-25-13-15-26(16-14-25)23-38-31-18-17-30-29(22-37-39(30)42(40,41)27-10-5-4-6-11-27)32(31)33(35)34(38)28-12-8-7-9-24(28)2/h4-18,22,36H,3,19-21,23H2,1-2H3. The van der Waals surface area contributed by atoms with Crippen LogP contribution in [0.5, 0.6) is 0 Å². The summed E-state index contributed by atoms with van der Waals surface area (Å²) in [6.07, 6.45) is 3.51. The molecule has 8 heteroatoms. The van der Waals surface area contributed by atoms with Crippen molar-refractivity contribution in [2.24, 2.45) is 0 Å². The van der Waals surface area contributed by atoms with Gasteiger partial charge in [0.1, 0.15) is 0 Å². The minimum Gasteiger partial charge on any atom is -0.333 e. The lowest BCUT2D eigenvalue weighted by Gasteiger charge is -2.14. The minimum absolute atomic E-state index is 0.123. The van der Waals surface area contributed by atoms with E-state index in [1.165, 1.54) is 23.9 Å². The number of nitrogens with one attached hydrogen (secondary N) is 1. The second-order valence-corrected chi connectivity index (χ2v) is 12.3. The molecule has 0 amide bonds. The molecular formula is C34H33FN4O2S. The van der Waals surface area contributed by atoms with Gasteiger partial charge in [0, 0.05) is 22.9 Å². The Kier molecular flexibility index (Phi) is 7.66. The molecule has 0 spiro atoms. The molecule has 0 radical (unpaired) electrons. The average Bonchev–Trinajstić information content (AvgIpc) is 3.56. The molecule has 2 heterocycles. The van der Waals surface area contributed by atoms with Crippen LogP contribution in [0, 0.1) is 12.7 Å². The Bertz CT molecular complexity index is 1980. The molecule has 0 saturated heterocycles. The van der Waals surface area contributed by atoms with Crippen LogP contribution in [0.15, 0.2) is 102 Å². The van der Waals surface area contributed by atoms with Crippen molar-refractivity contribution in [2.75, 3.05) is 13.1 Å². The van der Waals surface area contributed by atoms with Gasteiger partial charge in [-0.2, -0.15) is 17.6 Å². The number of aryl methyl sites for hydroxylation is 1. The highest BCUT2D eigenvalue weighted by Gasteiger charge is 2.26. The maximum atomic E-state index is 16.7. The SMILES string of the molecule is CCCNCCc1ccc(Cn2c(-c3ccccc3C)c(F)c3c4cnn(S(=O)(=O)c5ccccc5)c4ccc32)cc1. The second-order valence-electron chi connectivity index (χ2n) is 10.6. The lowest BCUT2D eigenvalue weighted by Crippen LogP contribution is -2.17. The topological polar surface area (TPSA) is 68.9 Å². The molecule has 4 aromatic carbocycles. The van der Waals surface area contributed by atoms with E-state index in [9.17, 15) is 8.42 Å². The van der Waals surface area contributed by atoms with Crippen molar-refractivity contribution in [1.29, 1.82) is 0 Å². The van der Waals surface area contributed by atoms with Crippen molar-refractivity contribution in [3.8, 4) is 11.3 Å². The lowest BCUT2D eigenvalue weighted by molar-refractivity contribution is 0.582. The van der Waals surface area contributed by atoms with Crippen molar-refractivity contribution >= 4 is 31.8 Å². The molecule has 0 atom stereocenters. The predicted molar refractivity (Wildman–Crippen MR) is 167 cm³/mol. The van der Waals surface area contributed by atoms with Crippen LogP contribution in [0.2, 0.25) is 0 Å². The maximum Gasteiger partial charge on any atom is 0.283 e. The van der Waals surface area contributed by atoms with Crippen molar-refractivity contribution in [3.63, 3.8) is 0 Å². The van der Waals surface area contributed by atoms with Gasteiger partial charge in [-0.05, 0) is 73.8 Å². The summed E-state index contributed by atoms with van der Waals surface area (Å²) in [7, 11) is -3.96. The smallest absolute Gasteiger partial charge is 0.283 e. The first-order valence-corrected chi connectivity index (χ1v) is 15.7. The van der Waals surface area contributed by atoms with Crippen LogP contribution in [0.25, 0.3) is 33.1 Å². The van der Waals surface area contributed by atoms with Crippen molar-refractivity contribution in [2.45, 2.75) is 38.1 Å². The van der Waals surface area contributed by atoms with Crippen LogP contribution in [0.4, 0.5) is 4.39 Å². The third-order valence-corrected chi connectivity index (χ3v) is 9.35. The van der Waals surface area contributed by atoms with Gasteiger partial charge in [-0.15, -0.1) is 0 Å². The Balaban J connectivity index is 1.48. The Hall–Kier alpha value is -4.27. The molecule has 0 aliphatic heterocycles. The lowest BCUT2D eigenvalue weighted by atomic mass is 10.0. The van der Waals surface area contributed by atoms with Crippen molar-refractivity contribution in [1.82, 2.24) is 19.1 Å². The molecule has 0 aliphatic rings. The van der Waals surface area contributed by atoms with Crippen molar-refractivity contribution < 1.29 is 12.8 Å². The van der Waals surface area contributed by atoms with Crippen LogP contribution in [0.1, 0.15) is 30.0 Å². The summed E-state index contributed by atoms with van der Waals surface area (Å²) in [5.74, 6) is -0.389. The predicted octanol–water partition coefficient (Wildman–Crippen LogP) is 6.93. The van der Waals surface area contributed by atoms with Gasteiger partial charge in [-0.25, -0.2) is 4.39 Å². The van der Waals surface area contributed by atoms with Gasteiger partial charge in [0.05, 0.1) is 27.8 Å². The monoisotopic (exact) mass is 580 g/mol. The third kappa shape index (κ3) is 5.01. The summed E-state index contributed by atoms with van der Waals surface area (Å²) in [4.78, 5) is 0.123. The van der Waals surface area contributed by atoms with Gasteiger partial charge in [-0.1, -0.05) is 73.7 Å². The quantitative estimate of drug-likeness (QED) is 0.178. The zero-order chi connectivity index (χ0) is 29.3. The molecule has 1 N–H and O–H groups in total. The van der Waals surface area contributed by atoms with Crippen LogP contribution in [-0.4, -0.2) is 35.3 Å². The molecule has 42 heavy (non-hydrogen) atoms. The number of nitrogens with zero attached hydrogens (tertiary/aromatic N) is 3. The Morgan fingerprint density at radius 1 is 0.833 bits per heavy atom. The zero-order valence-electron chi connectivity index (χ0n) is 23.7. The van der Waals surface area contributed by atoms with Gasteiger partial charge in [-0.3, -0.25) is 0 Å². The van der Waals surface area contributed by atoms with E-state index in [1.807, 2.05) is 35.8 Å². The fraction of sp³-hybridized carbons (Fsp3) is 0.206. The molecule has 6 rings (SSSR count). The highest BCUT2D eigenvalue weighted by atomic mass is 32.2. The summed E-state index contributed by atoms with van der Waals surface area (Å²) in [6, 6.07) is 27.9. The number of hydrogen-bond donors (Lipinski definition) is 1. The molecule has 6 aromatic rings. The highest BCUT2D eigenvalue weighted by Crippen LogP contribution is 2.39. The fourth-order valence-corrected chi connectivity index (χ4v) is 6.85. The molecule has 0 saturated carbocycles. The maximum absolute atomic E-state index is 16.7. The summed E-state index contributed by atoms with van der Waals surface area (Å²) >= 11 is 0. The summed E-state index contributed by atoms with van der Waals surface area (Å²) in [5.41, 5.74) is 5.54. The third-order valence-electron chi connectivity index (χ3n) is 7.74. The van der Waals surface area contributed by atoms with Gasteiger partial charge in [0.2, 0.25) is 0 Å². The van der Waals surface area contributed by atoms with Crippen molar-refractivity contribution in [3.05, 3.63) is 120 Å². The summed E-state index contributed by atoms with van der Waals surface area (Å²) in [6.45, 7) is 6.53. The summed E-state index contributed by atoms with van der Waals surface area (Å²) < 4.78 is 46.5. The normalized spacial score (nSPS) is 12.0. The van der Waals surface area contributed by atoms with Gasteiger partial charge >= 0.3 is 0 Å². The largest absolute Gasteiger partial charge is 0.333 e. The second kappa shape index (κ2) is 11.5. The van der Waals surface area contributed by atoms with Gasteiger partial charge in [0.25, 0.3) is 10.0 Å². The summed E-state index contributed by atoms with van der Waals surface area (Å²) in [5, 5.41) is 8.49. The van der Waals surface area contributed by atoms with E-state index < -0.39 is 10.0 Å². The molecule has 0 unspecified atom stereocenters. The van der Waals surface area contributed by atoms with Gasteiger partial charge < -0.3 is 9.88 Å². The van der Waals surface area contributed by atoms with E-state index in [0.717, 1.165) is 46.7 Å². The number of benzene rings is 4. The number of fused-ring (bicyclic) bond motifs is 3. The Morgan fingerprint density at radius 3 is 2.26 bits per heavy atom. The first kappa shape index (κ1) is 27.9. The molecule has 6 nitrogen and oxygen atoms in total. The highest BCUT2D eigenvalue weighted by molar-refractivity contribution is 7.90. The molecule has 214 valence electrons. The van der Waals surface area contributed by atoms with Crippen LogP contribution >= 0.6 is 0 Å². The van der Waals surface area contributed by atoms with E-state index in [1.54, 1.807) is 30.3 Å². The molecule has 2 aromatic heterocycles. The zero-order valence-corrected chi connectivity index (χ0v) is 24.5. The fourth-order valence-electron chi connectivity index (χ4n) is 5.56. The van der Waals surface area contributed by atoms with Crippen LogP contribution in [-0.2, 0) is 23.0 Å². The van der Waals surface area contributed by atoms with E-state index in [2.05, 4.69) is 41.6 Å². The average molecular weight is 581 g/mol. The Labute approximate surface area is 245 Å². The van der Waals surface area contributed by atoms with Gasteiger partial charge in [0.15, 0.2) is 5.82 Å². The molecule has 0 bridgehead atoms. The van der Waals surface area contributed by atoms with Crippen LogP contribution in [0.3, 0.4) is 0 Å². The number of aromatic nitrogens is 3. The minimum atomic E-state index is -3.96. The van der Waals surface area contributed by atoms with E-state index in [4.69, 9.17) is 0 Å². The molecule has 0 fully saturated rings. The van der Waals surface area contributed by atoms with E-state index in [-0.39, 0.29) is 10.7 Å². The number of halogens is 1. The first-order valence-electron chi connectivity index (χ1n) is 14.2. The van der Waals surface area contributed by atoms with E-state index in [0.29, 0.717) is 34.0 Å². The first-order chi connectivity index (χ1) is 20.4. The molecular weight excluding hydrogens is 547 g/mol. The molecule has 0 aliphatic carbocycles. The number of hydrogen-bond acceptors (Lipinski definition) is 4. The van der Waals surface area contributed by atoms with E-state index >= 15 is 4.39 Å². The Morgan fingerprint density at radius 2 is 1.52 bits per heavy atom.